The van der Waals surface area contributed by atoms with E-state index in [-0.39, 0.29) is 17.1 Å². The average molecular weight is 431 g/mol. The fourth-order valence-corrected chi connectivity index (χ4v) is 3.11. The third kappa shape index (κ3) is 5.20. The molecule has 0 aliphatic rings. The molecular formula is C19H18ClF3N2O2S. The highest BCUT2D eigenvalue weighted by atomic mass is 35.5. The highest BCUT2D eigenvalue weighted by Gasteiger charge is 2.22. The maximum Gasteiger partial charge on any atom is 0.255 e. The van der Waals surface area contributed by atoms with Gasteiger partial charge in [-0.15, -0.1) is 11.8 Å². The van der Waals surface area contributed by atoms with E-state index in [9.17, 15) is 22.8 Å². The average Bonchev–Trinajstić information content (AvgIpc) is 2.68. The molecule has 2 aromatic rings. The summed E-state index contributed by atoms with van der Waals surface area (Å²) in [5.41, 5.74) is -0.260. The summed E-state index contributed by atoms with van der Waals surface area (Å²) in [4.78, 5) is 27.2. The Morgan fingerprint density at radius 1 is 1.14 bits per heavy atom. The minimum absolute atomic E-state index is 0.244. The van der Waals surface area contributed by atoms with Crippen molar-refractivity contribution in [2.24, 2.45) is 0 Å². The normalized spacial score (nSPS) is 10.6. The van der Waals surface area contributed by atoms with Gasteiger partial charge in [0.1, 0.15) is 6.54 Å². The molecule has 0 spiro atoms. The fourth-order valence-electron chi connectivity index (χ4n) is 2.47. The molecule has 0 bridgehead atoms. The largest absolute Gasteiger partial charge is 0.329 e. The lowest BCUT2D eigenvalue weighted by Gasteiger charge is -2.22. The Balaban J connectivity index is 2.19. The van der Waals surface area contributed by atoms with Gasteiger partial charge in [-0.25, -0.2) is 13.2 Å². The SMILES string of the molecule is CCCN(CC(=O)Nc1ccc(F)c(F)c1F)C(=O)c1cc(SC)ccc1Cl. The highest BCUT2D eigenvalue weighted by molar-refractivity contribution is 7.98. The van der Waals surface area contributed by atoms with Gasteiger partial charge in [0, 0.05) is 11.4 Å². The Bertz CT molecular complexity index is 896. The van der Waals surface area contributed by atoms with Gasteiger partial charge in [-0.3, -0.25) is 9.59 Å². The van der Waals surface area contributed by atoms with E-state index >= 15 is 0 Å². The number of carbonyl (C=O) groups excluding carboxylic acids is 2. The fraction of sp³-hybridized carbons (Fsp3) is 0.263. The van der Waals surface area contributed by atoms with Crippen LogP contribution >= 0.6 is 23.4 Å². The maximum absolute atomic E-state index is 13.7. The van der Waals surface area contributed by atoms with Crippen molar-refractivity contribution in [3.05, 3.63) is 58.4 Å². The van der Waals surface area contributed by atoms with Crippen LogP contribution in [0.2, 0.25) is 5.02 Å². The molecule has 2 amide bonds. The second-order valence-corrected chi connectivity index (χ2v) is 7.13. The molecule has 0 aromatic heterocycles. The van der Waals surface area contributed by atoms with Gasteiger partial charge in [-0.2, -0.15) is 0 Å². The number of hydrogen-bond acceptors (Lipinski definition) is 3. The number of halogens is 4. The first-order valence-electron chi connectivity index (χ1n) is 8.34. The molecule has 0 saturated carbocycles. The van der Waals surface area contributed by atoms with Gasteiger partial charge in [-0.1, -0.05) is 18.5 Å². The molecule has 0 aliphatic carbocycles. The summed E-state index contributed by atoms with van der Waals surface area (Å²) in [7, 11) is 0. The molecule has 1 N–H and O–H groups in total. The van der Waals surface area contributed by atoms with E-state index in [1.807, 2.05) is 13.2 Å². The van der Waals surface area contributed by atoms with Gasteiger partial charge < -0.3 is 10.2 Å². The zero-order valence-corrected chi connectivity index (χ0v) is 16.8. The molecule has 150 valence electrons. The zero-order chi connectivity index (χ0) is 20.8. The number of hydrogen-bond donors (Lipinski definition) is 1. The number of thioether (sulfide) groups is 1. The van der Waals surface area contributed by atoms with Crippen LogP contribution in [0.25, 0.3) is 0 Å². The first-order valence-corrected chi connectivity index (χ1v) is 9.94. The molecule has 2 rings (SSSR count). The summed E-state index contributed by atoms with van der Waals surface area (Å²) in [5.74, 6) is -5.74. The summed E-state index contributed by atoms with van der Waals surface area (Å²) in [6.07, 6.45) is 2.42. The number of rotatable bonds is 7. The van der Waals surface area contributed by atoms with Crippen LogP contribution in [0.4, 0.5) is 18.9 Å². The second kappa shape index (κ2) is 9.84. The molecule has 28 heavy (non-hydrogen) atoms. The van der Waals surface area contributed by atoms with Crippen LogP contribution in [-0.2, 0) is 4.79 Å². The van der Waals surface area contributed by atoms with Crippen molar-refractivity contribution in [2.45, 2.75) is 18.2 Å². The Kier molecular flexibility index (Phi) is 7.77. The van der Waals surface area contributed by atoms with E-state index in [4.69, 9.17) is 11.6 Å². The van der Waals surface area contributed by atoms with Crippen molar-refractivity contribution < 1.29 is 22.8 Å². The summed E-state index contributed by atoms with van der Waals surface area (Å²) >= 11 is 7.56. The summed E-state index contributed by atoms with van der Waals surface area (Å²) in [5, 5.41) is 2.41. The quantitative estimate of drug-likeness (QED) is 0.498. The lowest BCUT2D eigenvalue weighted by molar-refractivity contribution is -0.116. The van der Waals surface area contributed by atoms with Gasteiger partial charge in [0.2, 0.25) is 5.91 Å². The maximum atomic E-state index is 13.7. The lowest BCUT2D eigenvalue weighted by atomic mass is 10.2. The Morgan fingerprint density at radius 2 is 1.86 bits per heavy atom. The summed E-state index contributed by atoms with van der Waals surface area (Å²) < 4.78 is 40.1. The van der Waals surface area contributed by atoms with Gasteiger partial charge in [0.25, 0.3) is 5.91 Å². The van der Waals surface area contributed by atoms with E-state index in [0.717, 1.165) is 11.0 Å². The number of benzene rings is 2. The molecule has 9 heteroatoms. The van der Waals surface area contributed by atoms with Crippen molar-refractivity contribution >= 4 is 40.9 Å². The molecular weight excluding hydrogens is 413 g/mol. The molecule has 0 unspecified atom stereocenters. The second-order valence-electron chi connectivity index (χ2n) is 5.84. The molecule has 0 fully saturated rings. The van der Waals surface area contributed by atoms with Crippen molar-refractivity contribution in [3.8, 4) is 0 Å². The number of carbonyl (C=O) groups is 2. The standard InChI is InChI=1S/C19H18ClF3N2O2S/c1-3-8-25(19(27)12-9-11(28-2)4-5-13(12)20)10-16(26)24-15-7-6-14(21)17(22)18(15)23/h4-7,9H,3,8,10H2,1-2H3,(H,24,26). The summed E-state index contributed by atoms with van der Waals surface area (Å²) in [6.45, 7) is 1.68. The van der Waals surface area contributed by atoms with Crippen LogP contribution in [-0.4, -0.2) is 36.1 Å². The van der Waals surface area contributed by atoms with Crippen LogP contribution in [0.1, 0.15) is 23.7 Å². The molecule has 0 aliphatic heterocycles. The number of anilines is 1. The Hall–Kier alpha value is -2.19. The predicted molar refractivity (Wildman–Crippen MR) is 104 cm³/mol. The van der Waals surface area contributed by atoms with Crippen molar-refractivity contribution in [1.82, 2.24) is 4.90 Å². The molecule has 2 aromatic carbocycles. The van der Waals surface area contributed by atoms with Crippen molar-refractivity contribution in [3.63, 3.8) is 0 Å². The van der Waals surface area contributed by atoms with Crippen LogP contribution < -0.4 is 5.32 Å². The minimum Gasteiger partial charge on any atom is -0.329 e. The molecule has 0 heterocycles. The van der Waals surface area contributed by atoms with Crippen LogP contribution in [0, 0.1) is 17.5 Å². The van der Waals surface area contributed by atoms with E-state index < -0.39 is 41.5 Å². The van der Waals surface area contributed by atoms with Gasteiger partial charge >= 0.3 is 0 Å². The molecule has 0 atom stereocenters. The first kappa shape index (κ1) is 22.1. The zero-order valence-electron chi connectivity index (χ0n) is 15.2. The van der Waals surface area contributed by atoms with Crippen LogP contribution in [0.5, 0.6) is 0 Å². The van der Waals surface area contributed by atoms with E-state index in [1.54, 1.807) is 18.2 Å². The number of amides is 2. The minimum atomic E-state index is -1.68. The van der Waals surface area contributed by atoms with E-state index in [2.05, 4.69) is 5.32 Å². The predicted octanol–water partition coefficient (Wildman–Crippen LogP) is 4.97. The third-order valence-corrected chi connectivity index (χ3v) is 4.88. The monoisotopic (exact) mass is 430 g/mol. The topological polar surface area (TPSA) is 49.4 Å². The third-order valence-electron chi connectivity index (χ3n) is 3.83. The van der Waals surface area contributed by atoms with Crippen molar-refractivity contribution in [1.29, 1.82) is 0 Å². The van der Waals surface area contributed by atoms with Crippen LogP contribution in [0.15, 0.2) is 35.2 Å². The molecule has 0 radical (unpaired) electrons. The van der Waals surface area contributed by atoms with Crippen molar-refractivity contribution in [2.75, 3.05) is 24.7 Å². The van der Waals surface area contributed by atoms with Gasteiger partial charge in [-0.05, 0) is 43.0 Å². The highest BCUT2D eigenvalue weighted by Crippen LogP contribution is 2.25. The summed E-state index contributed by atoms with van der Waals surface area (Å²) in [6, 6.07) is 6.62. The number of nitrogens with zero attached hydrogens (tertiary/aromatic N) is 1. The smallest absolute Gasteiger partial charge is 0.255 e. The molecule has 4 nitrogen and oxygen atoms in total. The molecule has 0 saturated heterocycles. The van der Waals surface area contributed by atoms with Gasteiger partial charge in [0.15, 0.2) is 17.5 Å². The number of nitrogens with one attached hydrogen (secondary N) is 1. The Labute approximate surface area is 170 Å². The van der Waals surface area contributed by atoms with E-state index in [1.165, 1.54) is 16.7 Å². The van der Waals surface area contributed by atoms with Gasteiger partial charge in [0.05, 0.1) is 16.3 Å². The first-order chi connectivity index (χ1) is 13.3. The van der Waals surface area contributed by atoms with E-state index in [0.29, 0.717) is 12.5 Å². The Morgan fingerprint density at radius 3 is 2.50 bits per heavy atom. The lowest BCUT2D eigenvalue weighted by Crippen LogP contribution is -2.38. The van der Waals surface area contributed by atoms with Crippen LogP contribution in [0.3, 0.4) is 0 Å².